The van der Waals surface area contributed by atoms with Crippen molar-refractivity contribution in [1.29, 1.82) is 0 Å². The molecule has 1 aliphatic rings. The maximum atomic E-state index is 12.7. The van der Waals surface area contributed by atoms with E-state index in [4.69, 9.17) is 0 Å². The maximum Gasteiger partial charge on any atom is 0.253 e. The Morgan fingerprint density at radius 2 is 1.61 bits per heavy atom. The van der Waals surface area contributed by atoms with E-state index in [-0.39, 0.29) is 11.7 Å². The monoisotopic (exact) mass is 376 g/mol. The van der Waals surface area contributed by atoms with E-state index in [0.717, 1.165) is 5.82 Å². The molecule has 8 heteroatoms. The zero-order valence-electron chi connectivity index (χ0n) is 15.5. The van der Waals surface area contributed by atoms with Crippen LogP contribution in [0.5, 0.6) is 0 Å². The molecular weight excluding hydrogens is 356 g/mol. The minimum absolute atomic E-state index is 0.00746. The number of ketones is 1. The SMILES string of the molecule is CC(=O)c1ccc(C(=O)N2CCN(c3cc(-n4cccn4)ncn3)CC2)cc1. The van der Waals surface area contributed by atoms with E-state index >= 15 is 0 Å². The van der Waals surface area contributed by atoms with Gasteiger partial charge in [-0.15, -0.1) is 0 Å². The first-order valence-electron chi connectivity index (χ1n) is 9.09. The summed E-state index contributed by atoms with van der Waals surface area (Å²) in [6.07, 6.45) is 5.07. The number of Topliss-reactive ketones (excluding diaryl/α,β-unsaturated/α-hetero) is 1. The number of nitrogens with zero attached hydrogens (tertiary/aromatic N) is 6. The molecule has 0 bridgehead atoms. The quantitative estimate of drug-likeness (QED) is 0.646. The van der Waals surface area contributed by atoms with Crippen LogP contribution in [0, 0.1) is 0 Å². The smallest absolute Gasteiger partial charge is 0.253 e. The number of benzene rings is 1. The fraction of sp³-hybridized carbons (Fsp3) is 0.250. The van der Waals surface area contributed by atoms with Crippen LogP contribution in [-0.2, 0) is 0 Å². The van der Waals surface area contributed by atoms with Gasteiger partial charge < -0.3 is 9.80 Å². The average molecular weight is 376 g/mol. The third-order valence-corrected chi connectivity index (χ3v) is 4.81. The van der Waals surface area contributed by atoms with Gasteiger partial charge in [-0.3, -0.25) is 9.59 Å². The standard InChI is InChI=1S/C20H20N6O2/c1-15(27)16-3-5-17(6-4-16)20(28)25-11-9-24(10-12-25)18-13-19(22-14-21-18)26-8-2-7-23-26/h2-8,13-14H,9-12H2,1H3. The zero-order chi connectivity index (χ0) is 19.5. The number of carbonyl (C=O) groups excluding carboxylic acids is 2. The van der Waals surface area contributed by atoms with Crippen molar-refractivity contribution >= 4 is 17.5 Å². The van der Waals surface area contributed by atoms with Crippen molar-refractivity contribution in [2.24, 2.45) is 0 Å². The topological polar surface area (TPSA) is 84.2 Å². The molecule has 0 aliphatic carbocycles. The molecule has 1 aromatic carbocycles. The summed E-state index contributed by atoms with van der Waals surface area (Å²) in [4.78, 5) is 36.7. The van der Waals surface area contributed by atoms with E-state index in [9.17, 15) is 9.59 Å². The van der Waals surface area contributed by atoms with Gasteiger partial charge in [0, 0.05) is 55.8 Å². The van der Waals surface area contributed by atoms with Crippen LogP contribution in [0.3, 0.4) is 0 Å². The van der Waals surface area contributed by atoms with Gasteiger partial charge in [-0.1, -0.05) is 12.1 Å². The van der Waals surface area contributed by atoms with E-state index < -0.39 is 0 Å². The Labute approximate surface area is 162 Å². The highest BCUT2D eigenvalue weighted by Gasteiger charge is 2.23. The molecule has 1 amide bonds. The molecule has 0 unspecified atom stereocenters. The lowest BCUT2D eigenvalue weighted by Crippen LogP contribution is -2.49. The second-order valence-corrected chi connectivity index (χ2v) is 6.60. The Morgan fingerprint density at radius 1 is 0.929 bits per heavy atom. The van der Waals surface area contributed by atoms with Gasteiger partial charge in [0.05, 0.1) is 0 Å². The predicted molar refractivity (Wildman–Crippen MR) is 104 cm³/mol. The lowest BCUT2D eigenvalue weighted by molar-refractivity contribution is 0.0746. The Hall–Kier alpha value is -3.55. The lowest BCUT2D eigenvalue weighted by atomic mass is 10.1. The highest BCUT2D eigenvalue weighted by molar-refractivity contribution is 5.97. The van der Waals surface area contributed by atoms with Crippen LogP contribution < -0.4 is 4.90 Å². The van der Waals surface area contributed by atoms with Gasteiger partial charge in [-0.2, -0.15) is 5.10 Å². The Morgan fingerprint density at radius 3 is 2.25 bits per heavy atom. The minimum Gasteiger partial charge on any atom is -0.353 e. The number of hydrogen-bond donors (Lipinski definition) is 0. The highest BCUT2D eigenvalue weighted by atomic mass is 16.2. The van der Waals surface area contributed by atoms with Gasteiger partial charge in [0.25, 0.3) is 5.91 Å². The van der Waals surface area contributed by atoms with Crippen LogP contribution in [0.1, 0.15) is 27.6 Å². The van der Waals surface area contributed by atoms with Crippen LogP contribution >= 0.6 is 0 Å². The maximum absolute atomic E-state index is 12.7. The first-order chi connectivity index (χ1) is 13.6. The summed E-state index contributed by atoms with van der Waals surface area (Å²) in [5.41, 5.74) is 1.21. The molecule has 0 saturated carbocycles. The summed E-state index contributed by atoms with van der Waals surface area (Å²) in [7, 11) is 0. The average Bonchev–Trinajstić information content (AvgIpc) is 3.28. The van der Waals surface area contributed by atoms with E-state index in [1.54, 1.807) is 35.1 Å². The number of carbonyl (C=O) groups is 2. The van der Waals surface area contributed by atoms with E-state index in [0.29, 0.717) is 43.1 Å². The van der Waals surface area contributed by atoms with Crippen LogP contribution in [-0.4, -0.2) is 62.5 Å². The third kappa shape index (κ3) is 3.62. The van der Waals surface area contributed by atoms with E-state index in [1.807, 2.05) is 23.2 Å². The molecule has 142 valence electrons. The molecule has 1 saturated heterocycles. The number of amides is 1. The largest absolute Gasteiger partial charge is 0.353 e. The number of piperazine rings is 1. The summed E-state index contributed by atoms with van der Waals surface area (Å²) in [6.45, 7) is 4.10. The first kappa shape index (κ1) is 17.8. The first-order valence-corrected chi connectivity index (χ1v) is 9.09. The van der Waals surface area contributed by atoms with Crippen LogP contribution in [0.25, 0.3) is 5.82 Å². The zero-order valence-corrected chi connectivity index (χ0v) is 15.5. The molecule has 1 fully saturated rings. The van der Waals surface area contributed by atoms with Crippen molar-refractivity contribution in [1.82, 2.24) is 24.6 Å². The summed E-state index contributed by atoms with van der Waals surface area (Å²) in [5.74, 6) is 1.50. The Bertz CT molecular complexity index is 976. The molecular formula is C20H20N6O2. The number of hydrogen-bond acceptors (Lipinski definition) is 6. The predicted octanol–water partition coefficient (Wildman–Crippen LogP) is 1.83. The van der Waals surface area contributed by atoms with Crippen LogP contribution in [0.2, 0.25) is 0 Å². The van der Waals surface area contributed by atoms with Crippen molar-refractivity contribution in [3.63, 3.8) is 0 Å². The molecule has 0 spiro atoms. The van der Waals surface area contributed by atoms with Crippen molar-refractivity contribution in [3.05, 3.63) is 66.2 Å². The molecule has 3 heterocycles. The summed E-state index contributed by atoms with van der Waals surface area (Å²) < 4.78 is 1.69. The number of aromatic nitrogens is 4. The Balaban J connectivity index is 1.41. The molecule has 1 aliphatic heterocycles. The van der Waals surface area contributed by atoms with E-state index in [2.05, 4.69) is 20.0 Å². The second-order valence-electron chi connectivity index (χ2n) is 6.60. The number of rotatable bonds is 4. The van der Waals surface area contributed by atoms with Gasteiger partial charge in [-0.25, -0.2) is 14.6 Å². The van der Waals surface area contributed by atoms with Gasteiger partial charge in [0.2, 0.25) is 0 Å². The van der Waals surface area contributed by atoms with Gasteiger partial charge in [0.1, 0.15) is 12.1 Å². The Kier molecular flexibility index (Phi) is 4.84. The van der Waals surface area contributed by atoms with Crippen LogP contribution in [0.15, 0.2) is 55.1 Å². The highest BCUT2D eigenvalue weighted by Crippen LogP contribution is 2.17. The summed E-state index contributed by atoms with van der Waals surface area (Å²) >= 11 is 0. The fourth-order valence-electron chi connectivity index (χ4n) is 3.21. The fourth-order valence-corrected chi connectivity index (χ4v) is 3.21. The van der Waals surface area contributed by atoms with Gasteiger partial charge in [0.15, 0.2) is 11.6 Å². The second kappa shape index (κ2) is 7.59. The summed E-state index contributed by atoms with van der Waals surface area (Å²) in [6, 6.07) is 10.6. The van der Waals surface area contributed by atoms with Crippen molar-refractivity contribution in [2.75, 3.05) is 31.1 Å². The van der Waals surface area contributed by atoms with Crippen LogP contribution in [0.4, 0.5) is 5.82 Å². The molecule has 8 nitrogen and oxygen atoms in total. The molecule has 0 radical (unpaired) electrons. The molecule has 4 rings (SSSR count). The lowest BCUT2D eigenvalue weighted by Gasteiger charge is -2.35. The van der Waals surface area contributed by atoms with E-state index in [1.165, 1.54) is 13.3 Å². The van der Waals surface area contributed by atoms with Gasteiger partial charge in [-0.05, 0) is 25.1 Å². The molecule has 0 N–H and O–H groups in total. The van der Waals surface area contributed by atoms with Crippen molar-refractivity contribution in [3.8, 4) is 5.82 Å². The summed E-state index contributed by atoms with van der Waals surface area (Å²) in [5, 5.41) is 4.19. The van der Waals surface area contributed by atoms with Crippen molar-refractivity contribution in [2.45, 2.75) is 6.92 Å². The molecule has 0 atom stereocenters. The normalized spacial score (nSPS) is 14.2. The number of anilines is 1. The van der Waals surface area contributed by atoms with Gasteiger partial charge >= 0.3 is 0 Å². The third-order valence-electron chi connectivity index (χ3n) is 4.81. The molecule has 2 aromatic heterocycles. The molecule has 28 heavy (non-hydrogen) atoms. The minimum atomic E-state index is -0.0188. The molecule has 3 aromatic rings. The van der Waals surface area contributed by atoms with Crippen molar-refractivity contribution < 1.29 is 9.59 Å².